The summed E-state index contributed by atoms with van der Waals surface area (Å²) in [6.07, 6.45) is 0.0738. The van der Waals surface area contributed by atoms with Gasteiger partial charge in [0.2, 0.25) is 5.75 Å². The van der Waals surface area contributed by atoms with Crippen molar-refractivity contribution in [2.45, 2.75) is 25.9 Å². The number of ether oxygens (including phenoxy) is 3. The van der Waals surface area contributed by atoms with Crippen LogP contribution in [0.3, 0.4) is 0 Å². The SMILES string of the molecule is COc1cc(CNC(C)CC(=O)O)cc(OC)c1OC. The standard InChI is InChI=1S/C14H21NO5/c1-9(5-13(16)17)15-8-10-6-11(18-2)14(20-4)12(7-10)19-3/h6-7,9,15H,5,8H2,1-4H3,(H,16,17). The molecule has 1 aromatic carbocycles. The van der Waals surface area contributed by atoms with Crippen molar-refractivity contribution in [3.63, 3.8) is 0 Å². The molecule has 6 heteroatoms. The number of carboxylic acid groups (broad SMARTS) is 1. The lowest BCUT2D eigenvalue weighted by molar-refractivity contribution is -0.137. The van der Waals surface area contributed by atoms with Crippen molar-refractivity contribution in [2.75, 3.05) is 21.3 Å². The predicted molar refractivity (Wildman–Crippen MR) is 74.7 cm³/mol. The molecular formula is C14H21NO5. The molecule has 0 aliphatic rings. The summed E-state index contributed by atoms with van der Waals surface area (Å²) in [5.41, 5.74) is 0.928. The van der Waals surface area contributed by atoms with E-state index < -0.39 is 5.97 Å². The number of hydrogen-bond acceptors (Lipinski definition) is 5. The van der Waals surface area contributed by atoms with Gasteiger partial charge in [0.1, 0.15) is 0 Å². The minimum absolute atomic E-state index is 0.0738. The Morgan fingerprint density at radius 1 is 1.20 bits per heavy atom. The second-order valence-electron chi connectivity index (χ2n) is 4.41. The fourth-order valence-electron chi connectivity index (χ4n) is 1.86. The number of methoxy groups -OCH3 is 3. The van der Waals surface area contributed by atoms with Gasteiger partial charge in [-0.25, -0.2) is 0 Å². The Morgan fingerprint density at radius 2 is 1.75 bits per heavy atom. The Morgan fingerprint density at radius 3 is 2.15 bits per heavy atom. The lowest BCUT2D eigenvalue weighted by Crippen LogP contribution is -2.27. The molecule has 0 aliphatic heterocycles. The molecule has 0 saturated carbocycles. The zero-order valence-corrected chi connectivity index (χ0v) is 12.2. The molecule has 1 unspecified atom stereocenters. The van der Waals surface area contributed by atoms with Crippen LogP contribution in [0.15, 0.2) is 12.1 Å². The van der Waals surface area contributed by atoms with Crippen LogP contribution >= 0.6 is 0 Å². The third-order valence-corrected chi connectivity index (χ3v) is 2.86. The fourth-order valence-corrected chi connectivity index (χ4v) is 1.86. The normalized spacial score (nSPS) is 11.8. The highest BCUT2D eigenvalue weighted by atomic mass is 16.5. The number of carboxylic acids is 1. The van der Waals surface area contributed by atoms with E-state index in [9.17, 15) is 4.79 Å². The molecule has 0 aromatic heterocycles. The summed E-state index contributed by atoms with van der Waals surface area (Å²) in [6, 6.07) is 3.55. The molecule has 0 amide bonds. The van der Waals surface area contributed by atoms with Crippen LogP contribution in [-0.4, -0.2) is 38.4 Å². The first kappa shape index (κ1) is 16.1. The van der Waals surface area contributed by atoms with Crippen molar-refractivity contribution in [2.24, 2.45) is 0 Å². The maximum absolute atomic E-state index is 10.6. The van der Waals surface area contributed by atoms with Gasteiger partial charge in [0.05, 0.1) is 27.8 Å². The van der Waals surface area contributed by atoms with Crippen LogP contribution in [0.4, 0.5) is 0 Å². The maximum Gasteiger partial charge on any atom is 0.304 e. The molecule has 0 radical (unpaired) electrons. The number of aliphatic carboxylic acids is 1. The Hall–Kier alpha value is -1.95. The van der Waals surface area contributed by atoms with Gasteiger partial charge in [-0.2, -0.15) is 0 Å². The molecule has 112 valence electrons. The van der Waals surface area contributed by atoms with E-state index in [1.807, 2.05) is 19.1 Å². The van der Waals surface area contributed by atoms with Gasteiger partial charge >= 0.3 is 5.97 Å². The van der Waals surface area contributed by atoms with E-state index >= 15 is 0 Å². The smallest absolute Gasteiger partial charge is 0.304 e. The van der Waals surface area contributed by atoms with Crippen LogP contribution in [0.25, 0.3) is 0 Å². The van der Waals surface area contributed by atoms with Crippen molar-refractivity contribution >= 4 is 5.97 Å². The Kier molecular flexibility index (Phi) is 6.11. The number of nitrogens with one attached hydrogen (secondary N) is 1. The third-order valence-electron chi connectivity index (χ3n) is 2.86. The number of benzene rings is 1. The maximum atomic E-state index is 10.6. The second kappa shape index (κ2) is 7.59. The highest BCUT2D eigenvalue weighted by molar-refractivity contribution is 5.67. The van der Waals surface area contributed by atoms with Gasteiger partial charge in [0.25, 0.3) is 0 Å². The second-order valence-corrected chi connectivity index (χ2v) is 4.41. The van der Waals surface area contributed by atoms with Crippen molar-refractivity contribution in [1.82, 2.24) is 5.32 Å². The first-order chi connectivity index (χ1) is 9.51. The summed E-state index contributed by atoms with van der Waals surface area (Å²) >= 11 is 0. The summed E-state index contributed by atoms with van der Waals surface area (Å²) in [7, 11) is 4.66. The fraction of sp³-hybridized carbons (Fsp3) is 0.500. The zero-order chi connectivity index (χ0) is 15.1. The van der Waals surface area contributed by atoms with Gasteiger partial charge in [0.15, 0.2) is 11.5 Å². The zero-order valence-electron chi connectivity index (χ0n) is 12.2. The van der Waals surface area contributed by atoms with Gasteiger partial charge in [0, 0.05) is 12.6 Å². The van der Waals surface area contributed by atoms with E-state index in [-0.39, 0.29) is 12.5 Å². The quantitative estimate of drug-likeness (QED) is 0.755. The largest absolute Gasteiger partial charge is 0.493 e. The minimum Gasteiger partial charge on any atom is -0.493 e. The Bertz CT molecular complexity index is 436. The van der Waals surface area contributed by atoms with Crippen LogP contribution in [0.5, 0.6) is 17.2 Å². The summed E-state index contributed by atoms with van der Waals surface area (Å²) in [5.74, 6) is 0.872. The lowest BCUT2D eigenvalue weighted by atomic mass is 10.1. The van der Waals surface area contributed by atoms with Gasteiger partial charge in [-0.05, 0) is 24.6 Å². The van der Waals surface area contributed by atoms with Crippen LogP contribution in [0.2, 0.25) is 0 Å². The highest BCUT2D eigenvalue weighted by Crippen LogP contribution is 2.38. The summed E-state index contributed by atoms with van der Waals surface area (Å²) in [4.78, 5) is 10.6. The van der Waals surface area contributed by atoms with E-state index in [0.29, 0.717) is 23.8 Å². The molecule has 0 spiro atoms. The molecule has 0 heterocycles. The van der Waals surface area contributed by atoms with Crippen molar-refractivity contribution in [1.29, 1.82) is 0 Å². The monoisotopic (exact) mass is 283 g/mol. The van der Waals surface area contributed by atoms with Crippen molar-refractivity contribution in [3.8, 4) is 17.2 Å². The van der Waals surface area contributed by atoms with E-state index in [0.717, 1.165) is 5.56 Å². The molecule has 1 aromatic rings. The molecule has 1 atom stereocenters. The van der Waals surface area contributed by atoms with Crippen LogP contribution in [-0.2, 0) is 11.3 Å². The molecule has 0 aliphatic carbocycles. The molecule has 2 N–H and O–H groups in total. The Balaban J connectivity index is 2.83. The van der Waals surface area contributed by atoms with Crippen molar-refractivity contribution in [3.05, 3.63) is 17.7 Å². The van der Waals surface area contributed by atoms with Crippen LogP contribution < -0.4 is 19.5 Å². The van der Waals surface area contributed by atoms with Crippen LogP contribution in [0.1, 0.15) is 18.9 Å². The third kappa shape index (κ3) is 4.31. The van der Waals surface area contributed by atoms with Gasteiger partial charge in [-0.3, -0.25) is 4.79 Å². The van der Waals surface area contributed by atoms with E-state index in [1.54, 1.807) is 21.3 Å². The number of hydrogen-bond donors (Lipinski definition) is 2. The van der Waals surface area contributed by atoms with Crippen LogP contribution in [0, 0.1) is 0 Å². The summed E-state index contributed by atoms with van der Waals surface area (Å²) in [5, 5.41) is 11.9. The molecule has 1 rings (SSSR count). The summed E-state index contributed by atoms with van der Waals surface area (Å²) < 4.78 is 15.8. The van der Waals surface area contributed by atoms with Gasteiger partial charge < -0.3 is 24.6 Å². The van der Waals surface area contributed by atoms with Crippen molar-refractivity contribution < 1.29 is 24.1 Å². The summed E-state index contributed by atoms with van der Waals surface area (Å²) in [6.45, 7) is 2.34. The first-order valence-corrected chi connectivity index (χ1v) is 6.25. The molecule has 20 heavy (non-hydrogen) atoms. The average molecular weight is 283 g/mol. The molecule has 0 bridgehead atoms. The highest BCUT2D eigenvalue weighted by Gasteiger charge is 2.14. The molecule has 0 fully saturated rings. The van der Waals surface area contributed by atoms with E-state index in [1.165, 1.54) is 0 Å². The minimum atomic E-state index is -0.824. The van der Waals surface area contributed by atoms with E-state index in [2.05, 4.69) is 5.32 Å². The lowest BCUT2D eigenvalue weighted by Gasteiger charge is -2.16. The molecular weight excluding hydrogens is 262 g/mol. The topological polar surface area (TPSA) is 77.0 Å². The Labute approximate surface area is 118 Å². The average Bonchev–Trinajstić information content (AvgIpc) is 2.42. The van der Waals surface area contributed by atoms with Gasteiger partial charge in [-0.1, -0.05) is 0 Å². The number of carbonyl (C=O) groups is 1. The molecule has 6 nitrogen and oxygen atoms in total. The van der Waals surface area contributed by atoms with Gasteiger partial charge in [-0.15, -0.1) is 0 Å². The first-order valence-electron chi connectivity index (χ1n) is 6.25. The van der Waals surface area contributed by atoms with E-state index in [4.69, 9.17) is 19.3 Å². The predicted octanol–water partition coefficient (Wildman–Crippen LogP) is 1.67. The number of rotatable bonds is 8. The molecule has 0 saturated heterocycles.